The van der Waals surface area contributed by atoms with Crippen LogP contribution < -0.4 is 0 Å². The first-order valence-corrected chi connectivity index (χ1v) is 5.69. The number of rotatable bonds is 2. The molecular weight excluding hydrogens is 208 g/mol. The van der Waals surface area contributed by atoms with Crippen LogP contribution in [0.2, 0.25) is 0 Å². The molecule has 0 aliphatic heterocycles. The van der Waals surface area contributed by atoms with Gasteiger partial charge in [-0.15, -0.1) is 11.3 Å². The van der Waals surface area contributed by atoms with Crippen molar-refractivity contribution >= 4 is 11.3 Å². The molecule has 0 fully saturated rings. The summed E-state index contributed by atoms with van der Waals surface area (Å²) in [5.41, 5.74) is 2.72. The van der Waals surface area contributed by atoms with Gasteiger partial charge in [-0.3, -0.25) is 4.68 Å². The Kier molecular flexibility index (Phi) is 2.63. The van der Waals surface area contributed by atoms with Crippen molar-refractivity contribution in [3.05, 3.63) is 39.3 Å². The molecule has 1 atom stereocenters. The lowest BCUT2D eigenvalue weighted by Gasteiger charge is -2.06. The summed E-state index contributed by atoms with van der Waals surface area (Å²) in [4.78, 5) is 1.21. The van der Waals surface area contributed by atoms with Crippen LogP contribution >= 0.6 is 11.3 Å². The zero-order chi connectivity index (χ0) is 11.0. The number of hydrogen-bond donors (Lipinski definition) is 1. The lowest BCUT2D eigenvalue weighted by atomic mass is 10.1. The fourth-order valence-electron chi connectivity index (χ4n) is 1.67. The molecule has 2 aromatic heterocycles. The van der Waals surface area contributed by atoms with Crippen molar-refractivity contribution in [1.29, 1.82) is 0 Å². The molecule has 2 rings (SSSR count). The summed E-state index contributed by atoms with van der Waals surface area (Å²) in [6, 6.07) is 2.02. The first-order chi connectivity index (χ1) is 7.08. The summed E-state index contributed by atoms with van der Waals surface area (Å²) in [6.07, 6.45) is 1.32. The van der Waals surface area contributed by atoms with Gasteiger partial charge in [0.25, 0.3) is 0 Å². The van der Waals surface area contributed by atoms with Gasteiger partial charge in [0.05, 0.1) is 5.69 Å². The molecule has 0 saturated heterocycles. The zero-order valence-corrected chi connectivity index (χ0v) is 9.88. The molecule has 80 valence electrons. The Morgan fingerprint density at radius 3 is 2.67 bits per heavy atom. The van der Waals surface area contributed by atoms with Crippen LogP contribution in [0.4, 0.5) is 0 Å². The van der Waals surface area contributed by atoms with E-state index in [-0.39, 0.29) is 0 Å². The first-order valence-electron chi connectivity index (χ1n) is 4.81. The molecule has 1 unspecified atom stereocenters. The summed E-state index contributed by atoms with van der Waals surface area (Å²) >= 11 is 1.65. The number of aromatic nitrogens is 2. The Balaban J connectivity index is 2.35. The molecule has 0 bridgehead atoms. The molecule has 2 aromatic rings. The highest BCUT2D eigenvalue weighted by atomic mass is 32.1. The molecule has 4 heteroatoms. The van der Waals surface area contributed by atoms with Crippen LogP contribution in [0.5, 0.6) is 0 Å². The van der Waals surface area contributed by atoms with Gasteiger partial charge in [-0.1, -0.05) is 0 Å². The minimum absolute atomic E-state index is 0.552. The van der Waals surface area contributed by atoms with E-state index in [2.05, 4.69) is 5.10 Å². The Morgan fingerprint density at radius 2 is 2.20 bits per heavy atom. The summed E-state index contributed by atoms with van der Waals surface area (Å²) in [7, 11) is 1.86. The highest BCUT2D eigenvalue weighted by Crippen LogP contribution is 2.27. The molecule has 1 N–H and O–H groups in total. The van der Waals surface area contributed by atoms with Gasteiger partial charge in [0.1, 0.15) is 6.10 Å². The van der Waals surface area contributed by atoms with Gasteiger partial charge in [0.15, 0.2) is 0 Å². The van der Waals surface area contributed by atoms with Crippen LogP contribution in [0.3, 0.4) is 0 Å². The third kappa shape index (κ3) is 1.96. The minimum Gasteiger partial charge on any atom is -0.383 e. The maximum Gasteiger partial charge on any atom is 0.108 e. The van der Waals surface area contributed by atoms with E-state index in [9.17, 15) is 5.11 Å². The lowest BCUT2D eigenvalue weighted by Crippen LogP contribution is -1.98. The molecule has 0 aromatic carbocycles. The third-order valence-electron chi connectivity index (χ3n) is 2.41. The van der Waals surface area contributed by atoms with Gasteiger partial charge >= 0.3 is 0 Å². The van der Waals surface area contributed by atoms with Crippen molar-refractivity contribution < 1.29 is 5.11 Å². The zero-order valence-electron chi connectivity index (χ0n) is 9.06. The van der Waals surface area contributed by atoms with Crippen LogP contribution in [0.25, 0.3) is 0 Å². The molecule has 0 radical (unpaired) electrons. The predicted molar refractivity (Wildman–Crippen MR) is 61.1 cm³/mol. The minimum atomic E-state index is -0.552. The topological polar surface area (TPSA) is 38.0 Å². The number of nitrogens with zero attached hydrogens (tertiary/aromatic N) is 2. The van der Waals surface area contributed by atoms with Crippen molar-refractivity contribution in [2.75, 3.05) is 0 Å². The molecule has 0 saturated carbocycles. The van der Waals surface area contributed by atoms with Gasteiger partial charge in [-0.2, -0.15) is 5.10 Å². The Labute approximate surface area is 93.0 Å². The van der Waals surface area contributed by atoms with Crippen molar-refractivity contribution in [1.82, 2.24) is 9.78 Å². The van der Waals surface area contributed by atoms with Crippen molar-refractivity contribution in [2.45, 2.75) is 20.0 Å². The molecule has 0 aliphatic carbocycles. The fourth-order valence-corrected chi connectivity index (χ4v) is 2.40. The standard InChI is InChI=1S/C11H14N2OS/c1-7-4-9(6-15-7)11(14)10-5-13(3)12-8(10)2/h4-6,11,14H,1-3H3. The molecule has 3 nitrogen and oxygen atoms in total. The van der Waals surface area contributed by atoms with E-state index in [0.29, 0.717) is 0 Å². The summed E-state index contributed by atoms with van der Waals surface area (Å²) < 4.78 is 1.73. The quantitative estimate of drug-likeness (QED) is 0.845. The summed E-state index contributed by atoms with van der Waals surface area (Å²) in [5, 5.41) is 16.4. The Bertz CT molecular complexity index is 473. The van der Waals surface area contributed by atoms with Gasteiger partial charge < -0.3 is 5.11 Å². The van der Waals surface area contributed by atoms with Crippen LogP contribution in [0.15, 0.2) is 17.6 Å². The second-order valence-electron chi connectivity index (χ2n) is 3.74. The second-order valence-corrected chi connectivity index (χ2v) is 4.85. The van der Waals surface area contributed by atoms with Crippen molar-refractivity contribution in [3.8, 4) is 0 Å². The monoisotopic (exact) mass is 222 g/mol. The molecule has 0 aliphatic rings. The number of aliphatic hydroxyl groups excluding tert-OH is 1. The van der Waals surface area contributed by atoms with Gasteiger partial charge in [-0.05, 0) is 30.9 Å². The van der Waals surface area contributed by atoms with Crippen LogP contribution in [-0.2, 0) is 7.05 Å². The average Bonchev–Trinajstić information content (AvgIpc) is 2.71. The normalized spacial score (nSPS) is 13.1. The molecule has 0 amide bonds. The number of hydrogen-bond acceptors (Lipinski definition) is 3. The number of aliphatic hydroxyl groups is 1. The first kappa shape index (κ1) is 10.4. The second kappa shape index (κ2) is 3.79. The summed E-state index contributed by atoms with van der Waals surface area (Å²) in [5.74, 6) is 0. The van der Waals surface area contributed by atoms with E-state index >= 15 is 0 Å². The average molecular weight is 222 g/mol. The van der Waals surface area contributed by atoms with E-state index in [1.165, 1.54) is 4.88 Å². The highest BCUT2D eigenvalue weighted by molar-refractivity contribution is 7.10. The van der Waals surface area contributed by atoms with Gasteiger partial charge in [-0.25, -0.2) is 0 Å². The Hall–Kier alpha value is -1.13. The van der Waals surface area contributed by atoms with Crippen molar-refractivity contribution in [3.63, 3.8) is 0 Å². The third-order valence-corrected chi connectivity index (χ3v) is 3.29. The highest BCUT2D eigenvalue weighted by Gasteiger charge is 2.16. The van der Waals surface area contributed by atoms with Crippen LogP contribution in [0, 0.1) is 13.8 Å². The summed E-state index contributed by atoms with van der Waals surface area (Å²) in [6.45, 7) is 3.95. The largest absolute Gasteiger partial charge is 0.383 e. The van der Waals surface area contributed by atoms with E-state index in [0.717, 1.165) is 16.8 Å². The lowest BCUT2D eigenvalue weighted by molar-refractivity contribution is 0.220. The maximum atomic E-state index is 10.2. The SMILES string of the molecule is Cc1cc(C(O)c2cn(C)nc2C)cs1. The van der Waals surface area contributed by atoms with E-state index < -0.39 is 6.10 Å². The number of aryl methyl sites for hydroxylation is 3. The van der Waals surface area contributed by atoms with E-state index in [1.54, 1.807) is 16.0 Å². The molecule has 15 heavy (non-hydrogen) atoms. The van der Waals surface area contributed by atoms with Crippen molar-refractivity contribution in [2.24, 2.45) is 7.05 Å². The van der Waals surface area contributed by atoms with Crippen LogP contribution in [0.1, 0.15) is 27.8 Å². The Morgan fingerprint density at radius 1 is 1.47 bits per heavy atom. The molecular formula is C11H14N2OS. The predicted octanol–water partition coefficient (Wildman–Crippen LogP) is 2.18. The van der Waals surface area contributed by atoms with E-state index in [1.807, 2.05) is 38.5 Å². The smallest absolute Gasteiger partial charge is 0.108 e. The number of thiophene rings is 1. The van der Waals surface area contributed by atoms with Gasteiger partial charge in [0.2, 0.25) is 0 Å². The molecule has 2 heterocycles. The fraction of sp³-hybridized carbons (Fsp3) is 0.364. The van der Waals surface area contributed by atoms with E-state index in [4.69, 9.17) is 0 Å². The van der Waals surface area contributed by atoms with Crippen LogP contribution in [-0.4, -0.2) is 14.9 Å². The molecule has 0 spiro atoms. The maximum absolute atomic E-state index is 10.2. The van der Waals surface area contributed by atoms with Gasteiger partial charge in [0, 0.05) is 23.7 Å².